The fourth-order valence-electron chi connectivity index (χ4n) is 3.87. The molecule has 7 nitrogen and oxygen atoms in total. The molecule has 1 unspecified atom stereocenters. The van der Waals surface area contributed by atoms with Crippen molar-refractivity contribution in [3.8, 4) is 10.6 Å². The lowest BCUT2D eigenvalue weighted by atomic mass is 10.1. The molecule has 0 saturated carbocycles. The van der Waals surface area contributed by atoms with Crippen LogP contribution in [0.2, 0.25) is 4.34 Å². The summed E-state index contributed by atoms with van der Waals surface area (Å²) in [4.78, 5) is 32.5. The van der Waals surface area contributed by atoms with Crippen molar-refractivity contribution in [2.45, 2.75) is 19.4 Å². The largest absolute Gasteiger partial charge is 0.452 e. The Balaban J connectivity index is 1.55. The van der Waals surface area contributed by atoms with Gasteiger partial charge in [0.1, 0.15) is 0 Å². The number of amides is 1. The Bertz CT molecular complexity index is 1290. The van der Waals surface area contributed by atoms with Gasteiger partial charge in [0.2, 0.25) is 0 Å². The van der Waals surface area contributed by atoms with Crippen LogP contribution in [0.15, 0.2) is 42.5 Å². The monoisotopic (exact) mass is 492 g/mol. The van der Waals surface area contributed by atoms with Crippen molar-refractivity contribution < 1.29 is 22.7 Å². The second-order valence-corrected chi connectivity index (χ2v) is 11.4. The molecule has 32 heavy (non-hydrogen) atoms. The number of thiophene rings is 1. The van der Waals surface area contributed by atoms with Gasteiger partial charge in [-0.05, 0) is 37.6 Å². The number of hydrogen-bond acceptors (Lipinski definition) is 7. The van der Waals surface area contributed by atoms with Crippen molar-refractivity contribution >= 4 is 55.6 Å². The van der Waals surface area contributed by atoms with Crippen LogP contribution in [-0.2, 0) is 19.4 Å². The molecule has 1 aliphatic rings. The lowest BCUT2D eigenvalue weighted by Gasteiger charge is -2.26. The first-order valence-electron chi connectivity index (χ1n) is 10.1. The van der Waals surface area contributed by atoms with Gasteiger partial charge in [-0.2, -0.15) is 0 Å². The van der Waals surface area contributed by atoms with Gasteiger partial charge >= 0.3 is 5.97 Å². The van der Waals surface area contributed by atoms with Crippen LogP contribution < -0.4 is 0 Å². The van der Waals surface area contributed by atoms with Crippen LogP contribution >= 0.6 is 22.9 Å². The fourth-order valence-corrected chi connectivity index (χ4v) is 6.60. The van der Waals surface area contributed by atoms with E-state index in [-0.39, 0.29) is 17.5 Å². The number of carbonyl (C=O) groups excluding carboxylic acids is 2. The van der Waals surface area contributed by atoms with E-state index in [0.717, 1.165) is 4.88 Å². The van der Waals surface area contributed by atoms with Crippen LogP contribution in [0.3, 0.4) is 0 Å². The van der Waals surface area contributed by atoms with E-state index in [2.05, 4.69) is 4.98 Å². The normalized spacial score (nSPS) is 17.4. The zero-order valence-corrected chi connectivity index (χ0v) is 19.7. The summed E-state index contributed by atoms with van der Waals surface area (Å²) in [7, 11) is -3.13. The molecule has 0 aliphatic carbocycles. The standard InChI is InChI=1S/C22H21ClN2O5S2/c1-2-25(14-9-10-32(28,29)13-14)21(26)12-30-22(27)16-11-18(19-7-8-20(23)31-19)24-17-6-4-3-5-15(16)17/h3-8,11,14H,2,9-10,12-13H2,1H3. The van der Waals surface area contributed by atoms with Crippen LogP contribution in [0.25, 0.3) is 21.5 Å². The summed E-state index contributed by atoms with van der Waals surface area (Å²) >= 11 is 7.40. The van der Waals surface area contributed by atoms with Crippen LogP contribution in [0, 0.1) is 0 Å². The van der Waals surface area contributed by atoms with Gasteiger partial charge in [-0.1, -0.05) is 29.8 Å². The van der Waals surface area contributed by atoms with E-state index in [9.17, 15) is 18.0 Å². The number of para-hydroxylation sites is 1. The Labute approximate surface area is 194 Å². The van der Waals surface area contributed by atoms with Crippen LogP contribution in [0.5, 0.6) is 0 Å². The van der Waals surface area contributed by atoms with Crippen LogP contribution in [0.4, 0.5) is 0 Å². The van der Waals surface area contributed by atoms with Gasteiger partial charge in [0, 0.05) is 18.0 Å². The molecule has 1 aliphatic heterocycles. The van der Waals surface area contributed by atoms with Crippen LogP contribution in [-0.4, -0.2) is 60.9 Å². The number of likely N-dealkylation sites (N-methyl/N-ethyl adjacent to an activating group) is 1. The molecule has 168 valence electrons. The Morgan fingerprint density at radius 1 is 1.25 bits per heavy atom. The molecule has 10 heteroatoms. The van der Waals surface area contributed by atoms with Gasteiger partial charge in [-0.15, -0.1) is 11.3 Å². The number of carbonyl (C=O) groups is 2. The number of aromatic nitrogens is 1. The second-order valence-electron chi connectivity index (χ2n) is 7.49. The molecule has 0 radical (unpaired) electrons. The zero-order valence-electron chi connectivity index (χ0n) is 17.3. The Hall–Kier alpha value is -2.49. The van der Waals surface area contributed by atoms with E-state index in [1.54, 1.807) is 37.3 Å². The predicted molar refractivity (Wildman–Crippen MR) is 125 cm³/mol. The van der Waals surface area contributed by atoms with E-state index in [0.29, 0.717) is 39.5 Å². The van der Waals surface area contributed by atoms with Crippen LogP contribution in [0.1, 0.15) is 23.7 Å². The van der Waals surface area contributed by atoms with Gasteiger partial charge in [0.25, 0.3) is 5.91 Å². The van der Waals surface area contributed by atoms with Crippen molar-refractivity contribution in [3.05, 3.63) is 52.4 Å². The molecule has 1 aromatic carbocycles. The molecular weight excluding hydrogens is 472 g/mol. The van der Waals surface area contributed by atoms with Gasteiger partial charge in [-0.3, -0.25) is 4.79 Å². The average molecular weight is 493 g/mol. The summed E-state index contributed by atoms with van der Waals surface area (Å²) in [5.41, 5.74) is 1.51. The number of sulfone groups is 1. The molecule has 3 heterocycles. The lowest BCUT2D eigenvalue weighted by Crippen LogP contribution is -2.43. The Morgan fingerprint density at radius 2 is 2.03 bits per heavy atom. The molecule has 3 aromatic rings. The number of halogens is 1. The highest BCUT2D eigenvalue weighted by Crippen LogP contribution is 2.32. The molecule has 1 fully saturated rings. The van der Waals surface area contributed by atoms with E-state index in [1.807, 2.05) is 12.1 Å². The summed E-state index contributed by atoms with van der Waals surface area (Å²) in [5.74, 6) is -1.04. The Kier molecular flexibility index (Phi) is 6.50. The molecule has 0 N–H and O–H groups in total. The maximum Gasteiger partial charge on any atom is 0.339 e. The highest BCUT2D eigenvalue weighted by molar-refractivity contribution is 7.91. The molecule has 1 saturated heterocycles. The number of benzene rings is 1. The van der Waals surface area contributed by atoms with Crippen molar-refractivity contribution in [3.63, 3.8) is 0 Å². The first kappa shape index (κ1) is 22.7. The quantitative estimate of drug-likeness (QED) is 0.486. The van der Waals surface area contributed by atoms with E-state index in [1.165, 1.54) is 16.2 Å². The SMILES string of the molecule is CCN(C(=O)COC(=O)c1cc(-c2ccc(Cl)s2)nc2ccccc12)C1CCS(=O)(=O)C1. The van der Waals surface area contributed by atoms with Crippen molar-refractivity contribution in [2.75, 3.05) is 24.7 Å². The van der Waals surface area contributed by atoms with E-state index in [4.69, 9.17) is 16.3 Å². The van der Waals surface area contributed by atoms with Gasteiger partial charge in [0.05, 0.1) is 37.5 Å². The summed E-state index contributed by atoms with van der Waals surface area (Å²) in [5, 5.41) is 0.616. The molecule has 1 atom stereocenters. The van der Waals surface area contributed by atoms with E-state index < -0.39 is 28.3 Å². The number of nitrogens with zero attached hydrogens (tertiary/aromatic N) is 2. The molecule has 0 bridgehead atoms. The number of ether oxygens (including phenoxy) is 1. The number of hydrogen-bond donors (Lipinski definition) is 0. The molecular formula is C22H21ClN2O5S2. The maximum atomic E-state index is 12.9. The molecule has 2 aromatic heterocycles. The zero-order chi connectivity index (χ0) is 22.9. The van der Waals surface area contributed by atoms with Gasteiger partial charge in [-0.25, -0.2) is 18.2 Å². The third-order valence-electron chi connectivity index (χ3n) is 5.40. The number of fused-ring (bicyclic) bond motifs is 1. The summed E-state index contributed by atoms with van der Waals surface area (Å²) in [6.45, 7) is 1.66. The average Bonchev–Trinajstić information content (AvgIpc) is 3.36. The van der Waals surface area contributed by atoms with E-state index >= 15 is 0 Å². The minimum absolute atomic E-state index is 0.0533. The Morgan fingerprint density at radius 3 is 2.69 bits per heavy atom. The van der Waals surface area contributed by atoms with Crippen molar-refractivity contribution in [1.82, 2.24) is 9.88 Å². The third-order valence-corrected chi connectivity index (χ3v) is 8.40. The highest BCUT2D eigenvalue weighted by atomic mass is 35.5. The minimum Gasteiger partial charge on any atom is -0.452 e. The third kappa shape index (κ3) is 4.79. The second kappa shape index (κ2) is 9.17. The van der Waals surface area contributed by atoms with Gasteiger partial charge in [0.15, 0.2) is 16.4 Å². The lowest BCUT2D eigenvalue weighted by molar-refractivity contribution is -0.136. The summed E-state index contributed by atoms with van der Waals surface area (Å²) in [6, 6.07) is 12.0. The summed E-state index contributed by atoms with van der Waals surface area (Å²) < 4.78 is 29.5. The molecule has 0 spiro atoms. The predicted octanol–water partition coefficient (Wildman–Crippen LogP) is 3.81. The number of esters is 1. The smallest absolute Gasteiger partial charge is 0.339 e. The maximum absolute atomic E-state index is 12.9. The fraction of sp³-hybridized carbons (Fsp3) is 0.318. The number of rotatable bonds is 6. The molecule has 4 rings (SSSR count). The van der Waals surface area contributed by atoms with Gasteiger partial charge < -0.3 is 9.64 Å². The highest BCUT2D eigenvalue weighted by Gasteiger charge is 2.34. The first-order chi connectivity index (χ1) is 15.3. The van der Waals surface area contributed by atoms with Crippen molar-refractivity contribution in [1.29, 1.82) is 0 Å². The minimum atomic E-state index is -3.13. The molecule has 1 amide bonds. The van der Waals surface area contributed by atoms with Crippen molar-refractivity contribution in [2.24, 2.45) is 0 Å². The first-order valence-corrected chi connectivity index (χ1v) is 13.1. The number of pyridine rings is 1. The summed E-state index contributed by atoms with van der Waals surface area (Å²) in [6.07, 6.45) is 0.400. The topological polar surface area (TPSA) is 93.6 Å².